The van der Waals surface area contributed by atoms with Crippen LogP contribution in [0.15, 0.2) is 20.0 Å². The van der Waals surface area contributed by atoms with E-state index in [0.29, 0.717) is 0 Å². The highest BCUT2D eigenvalue weighted by Crippen LogP contribution is 2.20. The molecule has 0 saturated heterocycles. The van der Waals surface area contributed by atoms with Gasteiger partial charge in [-0.15, -0.1) is 11.8 Å². The monoisotopic (exact) mass is 212 g/mol. The molecule has 2 aliphatic rings. The Morgan fingerprint density at radius 2 is 2.15 bits per heavy atom. The van der Waals surface area contributed by atoms with Crippen LogP contribution in [0, 0.1) is 0 Å². The number of amidine groups is 2. The fourth-order valence-electron chi connectivity index (χ4n) is 1.10. The van der Waals surface area contributed by atoms with E-state index in [2.05, 4.69) is 20.0 Å². The molecule has 0 aromatic carbocycles. The maximum Gasteiger partial charge on any atom is 0.185 e. The smallest absolute Gasteiger partial charge is 0.185 e. The first kappa shape index (κ1) is 8.96. The van der Waals surface area contributed by atoms with Crippen molar-refractivity contribution in [2.45, 2.75) is 6.04 Å². The summed E-state index contributed by atoms with van der Waals surface area (Å²) in [5.74, 6) is 0.767. The van der Waals surface area contributed by atoms with Crippen molar-refractivity contribution in [3.05, 3.63) is 0 Å². The third-order valence-electron chi connectivity index (χ3n) is 1.69. The molecule has 1 atom stereocenters. The van der Waals surface area contributed by atoms with Crippen LogP contribution in [0.25, 0.3) is 0 Å². The van der Waals surface area contributed by atoms with Gasteiger partial charge in [0.05, 0.1) is 0 Å². The SMILES string of the molecule is CSC1=NC2C(=N1)N=CN=C2SC. The number of thioether (sulfide) groups is 2. The topological polar surface area (TPSA) is 49.4 Å². The van der Waals surface area contributed by atoms with Gasteiger partial charge in [-0.05, 0) is 12.5 Å². The van der Waals surface area contributed by atoms with Crippen LogP contribution in [0.4, 0.5) is 0 Å². The Balaban J connectivity index is 2.32. The van der Waals surface area contributed by atoms with Gasteiger partial charge in [0.1, 0.15) is 11.4 Å². The summed E-state index contributed by atoms with van der Waals surface area (Å²) >= 11 is 3.13. The minimum Gasteiger partial charge on any atom is -0.242 e. The van der Waals surface area contributed by atoms with Crippen molar-refractivity contribution in [3.63, 3.8) is 0 Å². The molecule has 0 bridgehead atoms. The van der Waals surface area contributed by atoms with Crippen LogP contribution in [0.3, 0.4) is 0 Å². The average Bonchev–Trinajstić information content (AvgIpc) is 2.59. The molecule has 2 heterocycles. The summed E-state index contributed by atoms with van der Waals surface area (Å²) in [6.07, 6.45) is 5.49. The molecule has 0 fully saturated rings. The Morgan fingerprint density at radius 1 is 1.31 bits per heavy atom. The van der Waals surface area contributed by atoms with Crippen molar-refractivity contribution in [2.75, 3.05) is 12.5 Å². The number of aliphatic imine (C=N–C) groups is 4. The second-order valence-electron chi connectivity index (χ2n) is 2.40. The lowest BCUT2D eigenvalue weighted by atomic mass is 10.3. The average molecular weight is 212 g/mol. The van der Waals surface area contributed by atoms with Crippen molar-refractivity contribution in [2.24, 2.45) is 20.0 Å². The molecule has 2 rings (SSSR count). The van der Waals surface area contributed by atoms with E-state index in [4.69, 9.17) is 0 Å². The van der Waals surface area contributed by atoms with Crippen LogP contribution < -0.4 is 0 Å². The summed E-state index contributed by atoms with van der Waals surface area (Å²) in [7, 11) is 0. The Hall–Kier alpha value is -0.620. The maximum absolute atomic E-state index is 4.39. The maximum atomic E-state index is 4.39. The summed E-state index contributed by atoms with van der Waals surface area (Å²) in [4.78, 5) is 16.9. The first-order chi connectivity index (χ1) is 6.35. The molecule has 0 aromatic rings. The second-order valence-corrected chi connectivity index (χ2v) is 4.00. The van der Waals surface area contributed by atoms with Gasteiger partial charge in [-0.3, -0.25) is 0 Å². The summed E-state index contributed by atoms with van der Waals surface area (Å²) < 4.78 is 0. The van der Waals surface area contributed by atoms with E-state index in [0.717, 1.165) is 16.0 Å². The molecule has 0 radical (unpaired) electrons. The zero-order valence-electron chi connectivity index (χ0n) is 7.26. The molecule has 68 valence electrons. The Kier molecular flexibility index (Phi) is 2.50. The normalized spacial score (nSPS) is 25.1. The van der Waals surface area contributed by atoms with Gasteiger partial charge in [-0.2, -0.15) is 0 Å². The minimum atomic E-state index is -0.0394. The quantitative estimate of drug-likeness (QED) is 0.607. The van der Waals surface area contributed by atoms with Crippen LogP contribution in [0.2, 0.25) is 0 Å². The molecule has 13 heavy (non-hydrogen) atoms. The van der Waals surface area contributed by atoms with Gasteiger partial charge in [0, 0.05) is 0 Å². The molecule has 0 amide bonds. The third-order valence-corrected chi connectivity index (χ3v) is 3.00. The van der Waals surface area contributed by atoms with Gasteiger partial charge in [-0.25, -0.2) is 20.0 Å². The summed E-state index contributed by atoms with van der Waals surface area (Å²) in [5.41, 5.74) is 0. The molecule has 6 heteroatoms. The highest BCUT2D eigenvalue weighted by molar-refractivity contribution is 8.14. The van der Waals surface area contributed by atoms with Crippen LogP contribution in [-0.2, 0) is 0 Å². The number of hydrogen-bond donors (Lipinski definition) is 0. The third kappa shape index (κ3) is 1.55. The van der Waals surface area contributed by atoms with Gasteiger partial charge in [0.15, 0.2) is 17.0 Å². The largest absolute Gasteiger partial charge is 0.242 e. The zero-order chi connectivity index (χ0) is 9.26. The lowest BCUT2D eigenvalue weighted by Gasteiger charge is -2.10. The highest BCUT2D eigenvalue weighted by atomic mass is 32.2. The molecular formula is C7H8N4S2. The van der Waals surface area contributed by atoms with Crippen molar-refractivity contribution < 1.29 is 0 Å². The second kappa shape index (κ2) is 3.63. The summed E-state index contributed by atoms with van der Waals surface area (Å²) in [5, 5.41) is 1.76. The summed E-state index contributed by atoms with van der Waals surface area (Å²) in [6.45, 7) is 0. The van der Waals surface area contributed by atoms with E-state index in [1.54, 1.807) is 18.1 Å². The molecule has 0 N–H and O–H groups in total. The van der Waals surface area contributed by atoms with E-state index in [1.807, 2.05) is 12.5 Å². The number of hydrogen-bond acceptors (Lipinski definition) is 6. The highest BCUT2D eigenvalue weighted by Gasteiger charge is 2.28. The van der Waals surface area contributed by atoms with E-state index in [1.165, 1.54) is 11.8 Å². The minimum absolute atomic E-state index is 0.0394. The molecule has 1 unspecified atom stereocenters. The Morgan fingerprint density at radius 3 is 2.85 bits per heavy atom. The fraction of sp³-hybridized carbons (Fsp3) is 0.429. The molecule has 0 saturated carbocycles. The number of nitrogens with zero attached hydrogens (tertiary/aromatic N) is 4. The predicted octanol–water partition coefficient (Wildman–Crippen LogP) is 1.29. The van der Waals surface area contributed by atoms with Gasteiger partial charge < -0.3 is 0 Å². The lowest BCUT2D eigenvalue weighted by Crippen LogP contribution is -2.25. The lowest BCUT2D eigenvalue weighted by molar-refractivity contribution is 1.16. The van der Waals surface area contributed by atoms with Gasteiger partial charge in [-0.1, -0.05) is 11.8 Å². The van der Waals surface area contributed by atoms with Gasteiger partial charge in [0.25, 0.3) is 0 Å². The Labute approximate surface area is 84.7 Å². The number of fused-ring (bicyclic) bond motifs is 1. The molecule has 0 aliphatic carbocycles. The molecule has 4 nitrogen and oxygen atoms in total. The molecule has 2 aliphatic heterocycles. The Bertz CT molecular complexity index is 342. The van der Waals surface area contributed by atoms with Gasteiger partial charge in [0.2, 0.25) is 0 Å². The summed E-state index contributed by atoms with van der Waals surface area (Å²) in [6, 6.07) is -0.0394. The predicted molar refractivity (Wildman–Crippen MR) is 61.6 cm³/mol. The van der Waals surface area contributed by atoms with Crippen molar-refractivity contribution in [1.29, 1.82) is 0 Å². The van der Waals surface area contributed by atoms with Crippen molar-refractivity contribution in [3.8, 4) is 0 Å². The van der Waals surface area contributed by atoms with Crippen LogP contribution in [0.5, 0.6) is 0 Å². The molecule has 0 spiro atoms. The fourth-order valence-corrected chi connectivity index (χ4v) is 2.03. The van der Waals surface area contributed by atoms with Crippen LogP contribution in [0.1, 0.15) is 0 Å². The van der Waals surface area contributed by atoms with E-state index in [-0.39, 0.29) is 6.04 Å². The van der Waals surface area contributed by atoms with Crippen LogP contribution in [-0.4, -0.2) is 40.9 Å². The van der Waals surface area contributed by atoms with E-state index < -0.39 is 0 Å². The molecular weight excluding hydrogens is 204 g/mol. The number of rotatable bonds is 0. The van der Waals surface area contributed by atoms with Crippen LogP contribution >= 0.6 is 23.5 Å². The first-order valence-electron chi connectivity index (χ1n) is 3.69. The van der Waals surface area contributed by atoms with E-state index >= 15 is 0 Å². The zero-order valence-corrected chi connectivity index (χ0v) is 8.89. The molecule has 0 aromatic heterocycles. The van der Waals surface area contributed by atoms with E-state index in [9.17, 15) is 0 Å². The van der Waals surface area contributed by atoms with Crippen molar-refractivity contribution in [1.82, 2.24) is 0 Å². The standard InChI is InChI=1S/C7H8N4S2/c1-12-6-4-5(8-3-9-6)11-7(10-4)13-2/h3-4H,1-2H3. The first-order valence-corrected chi connectivity index (χ1v) is 6.14. The van der Waals surface area contributed by atoms with Gasteiger partial charge >= 0.3 is 0 Å². The van der Waals surface area contributed by atoms with Crippen molar-refractivity contribution >= 4 is 45.9 Å².